The fourth-order valence-electron chi connectivity index (χ4n) is 4.14. The van der Waals surface area contributed by atoms with E-state index in [1.807, 2.05) is 78.9 Å². The molecule has 0 bridgehead atoms. The van der Waals surface area contributed by atoms with Crippen molar-refractivity contribution >= 4 is 8.80 Å². The summed E-state index contributed by atoms with van der Waals surface area (Å²) in [5.41, 5.74) is 3.43. The SMILES string of the molecule is CCCC[SiH](CCCC)CCCC.[CH2-]C.[O-]c1c(-c2ccccc2)cccc1-c1ccccc1.[Zn+2]. The second-order valence-electron chi connectivity index (χ2n) is 8.71. The van der Waals surface area contributed by atoms with Gasteiger partial charge in [-0.3, -0.25) is 0 Å². The van der Waals surface area contributed by atoms with Gasteiger partial charge >= 0.3 is 19.5 Å². The average molecular weight is 540 g/mol. The fourth-order valence-corrected chi connectivity index (χ4v) is 7.96. The first-order valence-corrected chi connectivity index (χ1v) is 15.8. The maximum absolute atomic E-state index is 12.6. The second kappa shape index (κ2) is 21.6. The Morgan fingerprint density at radius 1 is 0.571 bits per heavy atom. The van der Waals surface area contributed by atoms with Crippen molar-refractivity contribution in [3.8, 4) is 28.0 Å². The Morgan fingerprint density at radius 2 is 0.914 bits per heavy atom. The molecule has 3 heteroatoms. The number of para-hydroxylation sites is 1. The molecule has 1 nitrogen and oxygen atoms in total. The average Bonchev–Trinajstić information content (AvgIpc) is 2.91. The second-order valence-corrected chi connectivity index (χ2v) is 12.2. The molecule has 0 aliphatic heterocycles. The number of unbranched alkanes of at least 4 members (excludes halogenated alkanes) is 3. The quantitative estimate of drug-likeness (QED) is 0.176. The number of hydrogen-bond donors (Lipinski definition) is 0. The van der Waals surface area contributed by atoms with Crippen LogP contribution in [0.4, 0.5) is 0 Å². The molecule has 0 heterocycles. The first-order chi connectivity index (χ1) is 16.7. The minimum absolute atomic E-state index is 0. The van der Waals surface area contributed by atoms with Crippen LogP contribution in [0.3, 0.4) is 0 Å². The Bertz CT molecular complexity index is 790. The van der Waals surface area contributed by atoms with E-state index < -0.39 is 0 Å². The Kier molecular flexibility index (Phi) is 20.5. The fraction of sp³-hybridized carbons (Fsp3) is 0.406. The van der Waals surface area contributed by atoms with Gasteiger partial charge in [0, 0.05) is 8.80 Å². The molecule has 3 aromatic carbocycles. The Labute approximate surface area is 230 Å². The maximum Gasteiger partial charge on any atom is 2.00 e. The van der Waals surface area contributed by atoms with Crippen LogP contribution in [-0.4, -0.2) is 8.80 Å². The molecule has 186 valence electrons. The molecule has 0 radical (unpaired) electrons. The van der Waals surface area contributed by atoms with Gasteiger partial charge in [-0.25, -0.2) is 0 Å². The van der Waals surface area contributed by atoms with Gasteiger partial charge in [0.15, 0.2) is 0 Å². The predicted molar refractivity (Wildman–Crippen MR) is 154 cm³/mol. The number of rotatable bonds is 11. The molecule has 3 rings (SSSR count). The van der Waals surface area contributed by atoms with Gasteiger partial charge in [0.1, 0.15) is 0 Å². The first kappa shape index (κ1) is 33.3. The summed E-state index contributed by atoms with van der Waals surface area (Å²) in [6.45, 7) is 12.0. The maximum atomic E-state index is 12.6. The van der Waals surface area contributed by atoms with E-state index in [9.17, 15) is 5.11 Å². The van der Waals surface area contributed by atoms with Crippen LogP contribution in [0.15, 0.2) is 78.9 Å². The van der Waals surface area contributed by atoms with Gasteiger partial charge in [-0.05, 0) is 22.3 Å². The molecule has 0 aliphatic carbocycles. The minimum Gasteiger partial charge on any atom is -0.872 e. The van der Waals surface area contributed by atoms with E-state index in [1.165, 1.54) is 38.5 Å². The zero-order valence-electron chi connectivity index (χ0n) is 22.8. The molecule has 0 saturated heterocycles. The van der Waals surface area contributed by atoms with Crippen LogP contribution in [0.5, 0.6) is 5.75 Å². The molecular weight excluding hydrogens is 494 g/mol. The summed E-state index contributed by atoms with van der Waals surface area (Å²) in [6, 6.07) is 30.1. The molecule has 0 saturated carbocycles. The summed E-state index contributed by atoms with van der Waals surface area (Å²) in [6.07, 6.45) is 8.73. The summed E-state index contributed by atoms with van der Waals surface area (Å²) in [5.74, 6) is 0.0832. The van der Waals surface area contributed by atoms with E-state index in [1.54, 1.807) is 25.1 Å². The van der Waals surface area contributed by atoms with Crippen LogP contribution in [-0.2, 0) is 19.5 Å². The smallest absolute Gasteiger partial charge is 0.872 e. The molecule has 0 aliphatic rings. The predicted octanol–water partition coefficient (Wildman–Crippen LogP) is 9.55. The molecule has 0 N–H and O–H groups in total. The van der Waals surface area contributed by atoms with E-state index in [2.05, 4.69) is 27.7 Å². The van der Waals surface area contributed by atoms with Gasteiger partial charge < -0.3 is 12.0 Å². The van der Waals surface area contributed by atoms with Gasteiger partial charge in [-0.2, -0.15) is 6.92 Å². The molecule has 3 aromatic rings. The molecule has 35 heavy (non-hydrogen) atoms. The van der Waals surface area contributed by atoms with Crippen LogP contribution < -0.4 is 5.11 Å². The van der Waals surface area contributed by atoms with Crippen LogP contribution in [0.1, 0.15) is 66.2 Å². The van der Waals surface area contributed by atoms with E-state index in [-0.39, 0.29) is 34.0 Å². The monoisotopic (exact) mass is 538 g/mol. The summed E-state index contributed by atoms with van der Waals surface area (Å²) < 4.78 is 0. The van der Waals surface area contributed by atoms with Crippen LogP contribution in [0.2, 0.25) is 18.1 Å². The zero-order chi connectivity index (χ0) is 25.0. The van der Waals surface area contributed by atoms with Crippen molar-refractivity contribution in [3.63, 3.8) is 0 Å². The van der Waals surface area contributed by atoms with E-state index in [0.29, 0.717) is 0 Å². The Morgan fingerprint density at radius 3 is 1.23 bits per heavy atom. The first-order valence-electron chi connectivity index (χ1n) is 13.3. The molecule has 0 atom stereocenters. The van der Waals surface area contributed by atoms with Gasteiger partial charge in [-0.1, -0.05) is 162 Å². The van der Waals surface area contributed by atoms with Crippen molar-refractivity contribution in [2.24, 2.45) is 0 Å². The largest absolute Gasteiger partial charge is 2.00 e. The Hall–Kier alpha value is -1.70. The van der Waals surface area contributed by atoms with E-state index >= 15 is 0 Å². The Balaban J connectivity index is 0.000000642. The van der Waals surface area contributed by atoms with Gasteiger partial charge in [0.25, 0.3) is 0 Å². The molecule has 0 fully saturated rings. The summed E-state index contributed by atoms with van der Waals surface area (Å²) in [4.78, 5) is 0. The molecule has 0 spiro atoms. The third-order valence-corrected chi connectivity index (χ3v) is 9.76. The summed E-state index contributed by atoms with van der Waals surface area (Å²) >= 11 is 0. The normalized spacial score (nSPS) is 9.89. The van der Waals surface area contributed by atoms with Crippen molar-refractivity contribution in [2.75, 3.05) is 0 Å². The van der Waals surface area contributed by atoms with Crippen LogP contribution in [0, 0.1) is 6.92 Å². The summed E-state index contributed by atoms with van der Waals surface area (Å²) in [5, 5.41) is 12.6. The molecular formula is C32H46OSiZn. The van der Waals surface area contributed by atoms with Crippen molar-refractivity contribution in [3.05, 3.63) is 85.8 Å². The summed E-state index contributed by atoms with van der Waals surface area (Å²) in [7, 11) is -0.287. The minimum atomic E-state index is -0.287. The standard InChI is InChI=1S/C18H14O.C12H28Si.C2H5.Zn/c19-18-16(14-8-3-1-4-9-14)12-7-13-17(18)15-10-5-2-6-11-15;1-4-7-10-13(11-8-5-2)12-9-6-3;1-2;/h1-13,19H;13H,4-12H2,1-3H3;1H2,2H3;/q;;-1;+2/p-1. The third kappa shape index (κ3) is 12.7. The van der Waals surface area contributed by atoms with Crippen molar-refractivity contribution in [2.45, 2.75) is 84.4 Å². The van der Waals surface area contributed by atoms with Gasteiger partial charge in [-0.15, -0.1) is 0 Å². The van der Waals surface area contributed by atoms with Crippen LogP contribution in [0.25, 0.3) is 22.3 Å². The molecule has 0 unspecified atom stereocenters. The van der Waals surface area contributed by atoms with Crippen molar-refractivity contribution < 1.29 is 24.6 Å². The van der Waals surface area contributed by atoms with Crippen LogP contribution >= 0.6 is 0 Å². The van der Waals surface area contributed by atoms with E-state index in [4.69, 9.17) is 0 Å². The van der Waals surface area contributed by atoms with Gasteiger partial charge in [0.05, 0.1) is 0 Å². The van der Waals surface area contributed by atoms with Gasteiger partial charge in [0.2, 0.25) is 0 Å². The zero-order valence-corrected chi connectivity index (χ0v) is 26.9. The topological polar surface area (TPSA) is 23.1 Å². The molecule has 0 amide bonds. The molecule has 0 aromatic heterocycles. The number of hydrogen-bond acceptors (Lipinski definition) is 1. The third-order valence-electron chi connectivity index (χ3n) is 6.08. The number of benzene rings is 3. The van der Waals surface area contributed by atoms with E-state index in [0.717, 1.165) is 22.3 Å². The van der Waals surface area contributed by atoms with Crippen molar-refractivity contribution in [1.82, 2.24) is 0 Å². The van der Waals surface area contributed by atoms with Crippen molar-refractivity contribution in [1.29, 1.82) is 0 Å².